The van der Waals surface area contributed by atoms with Crippen LogP contribution in [0.15, 0.2) is 121 Å². The van der Waals surface area contributed by atoms with Crippen molar-refractivity contribution in [1.29, 1.82) is 0 Å². The summed E-state index contributed by atoms with van der Waals surface area (Å²) < 4.78 is 67.5. The van der Waals surface area contributed by atoms with Gasteiger partial charge < -0.3 is 47.1 Å². The van der Waals surface area contributed by atoms with Crippen LogP contribution in [0.1, 0.15) is 56.9 Å². The SMILES string of the molecule is CC1(C)O[C@H]2O[C@H](CO[Si](C)(C)C(C)(C)C)[C@H](OC3O[C@H](COCc4ccccc4)[C@@H](OCc4ccccc4)[C@H](OCc4ccccc4)[C@H]3OCc3ccccc3)[C@H]2O1. The Balaban J connectivity index is 1.23. The molecule has 318 valence electrons. The quantitative estimate of drug-likeness (QED) is 0.0906. The predicted molar refractivity (Wildman–Crippen MR) is 227 cm³/mol. The van der Waals surface area contributed by atoms with E-state index in [1.807, 2.05) is 123 Å². The third kappa shape index (κ3) is 11.5. The fourth-order valence-corrected chi connectivity index (χ4v) is 8.38. The maximum atomic E-state index is 7.18. The number of hydrogen-bond acceptors (Lipinski definition) is 10. The molecule has 3 aliphatic rings. The summed E-state index contributed by atoms with van der Waals surface area (Å²) in [7, 11) is -2.16. The lowest BCUT2D eigenvalue weighted by atomic mass is 9.97. The molecule has 9 atom stereocenters. The van der Waals surface area contributed by atoms with Crippen molar-refractivity contribution in [1.82, 2.24) is 0 Å². The highest BCUT2D eigenvalue weighted by atomic mass is 28.4. The first-order valence-corrected chi connectivity index (χ1v) is 23.8. The maximum absolute atomic E-state index is 7.18. The van der Waals surface area contributed by atoms with Gasteiger partial charge in [-0.05, 0) is 54.2 Å². The van der Waals surface area contributed by atoms with E-state index in [2.05, 4.69) is 46.0 Å². The largest absolute Gasteiger partial charge is 0.414 e. The second kappa shape index (κ2) is 19.6. The third-order valence-electron chi connectivity index (χ3n) is 11.6. The van der Waals surface area contributed by atoms with Crippen LogP contribution in [0, 0.1) is 0 Å². The van der Waals surface area contributed by atoms with E-state index in [-0.39, 0.29) is 18.3 Å². The lowest BCUT2D eigenvalue weighted by Gasteiger charge is -2.47. The molecule has 0 radical (unpaired) electrons. The summed E-state index contributed by atoms with van der Waals surface area (Å²) >= 11 is 0. The highest BCUT2D eigenvalue weighted by Crippen LogP contribution is 2.43. The summed E-state index contributed by atoms with van der Waals surface area (Å²) in [4.78, 5) is 0. The molecule has 4 aromatic rings. The molecule has 0 amide bonds. The first kappa shape index (κ1) is 43.8. The second-order valence-electron chi connectivity index (χ2n) is 17.6. The number of hydrogen-bond donors (Lipinski definition) is 0. The van der Waals surface area contributed by atoms with E-state index in [9.17, 15) is 0 Å². The minimum atomic E-state index is -2.16. The molecule has 0 N–H and O–H groups in total. The molecular formula is C48H62O10Si. The van der Waals surface area contributed by atoms with Crippen LogP contribution in [-0.2, 0) is 73.5 Å². The topological polar surface area (TPSA) is 92.3 Å². The number of ether oxygens (including phenoxy) is 9. The van der Waals surface area contributed by atoms with Gasteiger partial charge in [0.15, 0.2) is 26.7 Å². The van der Waals surface area contributed by atoms with E-state index in [0.717, 1.165) is 22.3 Å². The smallest absolute Gasteiger partial charge is 0.192 e. The van der Waals surface area contributed by atoms with Crippen LogP contribution in [0.4, 0.5) is 0 Å². The Morgan fingerprint density at radius 2 is 1.00 bits per heavy atom. The highest BCUT2D eigenvalue weighted by Gasteiger charge is 2.58. The summed E-state index contributed by atoms with van der Waals surface area (Å²) in [6.07, 6.45) is -5.87. The molecule has 10 nitrogen and oxygen atoms in total. The number of benzene rings is 4. The molecular weight excluding hydrogens is 765 g/mol. The minimum absolute atomic E-state index is 0.000716. The lowest BCUT2D eigenvalue weighted by molar-refractivity contribution is -0.344. The molecule has 0 spiro atoms. The minimum Gasteiger partial charge on any atom is -0.414 e. The molecule has 7 rings (SSSR count). The Kier molecular flexibility index (Phi) is 14.5. The average Bonchev–Trinajstić information content (AvgIpc) is 3.70. The van der Waals surface area contributed by atoms with Crippen LogP contribution >= 0.6 is 0 Å². The number of fused-ring (bicyclic) bond motifs is 1. The van der Waals surface area contributed by atoms with Crippen LogP contribution in [0.2, 0.25) is 18.1 Å². The monoisotopic (exact) mass is 826 g/mol. The van der Waals surface area contributed by atoms with E-state index < -0.39 is 69.4 Å². The van der Waals surface area contributed by atoms with Crippen molar-refractivity contribution in [2.75, 3.05) is 13.2 Å². The molecule has 3 aliphatic heterocycles. The van der Waals surface area contributed by atoms with Crippen molar-refractivity contribution in [2.24, 2.45) is 0 Å². The van der Waals surface area contributed by atoms with E-state index in [0.29, 0.717) is 26.4 Å². The van der Waals surface area contributed by atoms with Crippen molar-refractivity contribution < 1.29 is 47.1 Å². The standard InChI is InChI=1S/C48H62O10Si/c1-47(2,3)59(6,7)53-33-39-41(44-46(55-39)58-48(4,5)57-44)56-45-43(52-31-37-26-18-11-19-27-37)42(51-30-36-24-16-10-17-25-36)40(50-29-35-22-14-9-15-23-35)38(54-45)32-49-28-34-20-12-8-13-21-34/h8-27,38-46H,28-33H2,1-7H3/t38-,39-,40-,41+,42+,43-,44-,45?,46-/m1/s1. The van der Waals surface area contributed by atoms with Gasteiger partial charge in [-0.1, -0.05) is 142 Å². The van der Waals surface area contributed by atoms with Crippen LogP contribution in [-0.4, -0.2) is 82.6 Å². The first-order chi connectivity index (χ1) is 28.4. The number of rotatable bonds is 18. The molecule has 0 bridgehead atoms. The van der Waals surface area contributed by atoms with Gasteiger partial charge in [-0.15, -0.1) is 0 Å². The fourth-order valence-electron chi connectivity index (χ4n) is 7.36. The van der Waals surface area contributed by atoms with Gasteiger partial charge in [-0.25, -0.2) is 0 Å². The molecule has 59 heavy (non-hydrogen) atoms. The Labute approximate surface area is 351 Å². The van der Waals surface area contributed by atoms with Gasteiger partial charge in [0.05, 0.1) is 39.6 Å². The van der Waals surface area contributed by atoms with Gasteiger partial charge in [0.2, 0.25) is 0 Å². The van der Waals surface area contributed by atoms with Gasteiger partial charge in [-0.2, -0.15) is 0 Å². The van der Waals surface area contributed by atoms with Crippen molar-refractivity contribution in [3.05, 3.63) is 144 Å². The Morgan fingerprint density at radius 1 is 0.542 bits per heavy atom. The van der Waals surface area contributed by atoms with Gasteiger partial charge in [0.25, 0.3) is 0 Å². The van der Waals surface area contributed by atoms with E-state index in [4.69, 9.17) is 47.1 Å². The van der Waals surface area contributed by atoms with Crippen molar-refractivity contribution in [3.8, 4) is 0 Å². The van der Waals surface area contributed by atoms with E-state index in [1.165, 1.54) is 0 Å². The molecule has 0 aliphatic carbocycles. The zero-order valence-corrected chi connectivity index (χ0v) is 36.6. The van der Waals surface area contributed by atoms with Crippen molar-refractivity contribution >= 4 is 8.32 Å². The molecule has 3 saturated heterocycles. The van der Waals surface area contributed by atoms with Gasteiger partial charge in [-0.3, -0.25) is 0 Å². The van der Waals surface area contributed by atoms with Crippen LogP contribution in [0.5, 0.6) is 0 Å². The lowest BCUT2D eigenvalue weighted by Crippen LogP contribution is -2.63. The van der Waals surface area contributed by atoms with Crippen LogP contribution < -0.4 is 0 Å². The average molecular weight is 827 g/mol. The highest BCUT2D eigenvalue weighted by molar-refractivity contribution is 6.74. The molecule has 3 fully saturated rings. The van der Waals surface area contributed by atoms with Gasteiger partial charge in [0, 0.05) is 0 Å². The van der Waals surface area contributed by atoms with E-state index in [1.54, 1.807) is 0 Å². The zero-order valence-electron chi connectivity index (χ0n) is 35.6. The molecule has 0 saturated carbocycles. The van der Waals surface area contributed by atoms with Crippen molar-refractivity contribution in [3.63, 3.8) is 0 Å². The zero-order chi connectivity index (χ0) is 41.5. The molecule has 4 aromatic carbocycles. The van der Waals surface area contributed by atoms with Gasteiger partial charge in [0.1, 0.15) is 42.7 Å². The summed E-state index contributed by atoms with van der Waals surface area (Å²) in [6.45, 7) is 16.8. The van der Waals surface area contributed by atoms with Crippen LogP contribution in [0.25, 0.3) is 0 Å². The molecule has 3 heterocycles. The predicted octanol–water partition coefficient (Wildman–Crippen LogP) is 8.97. The summed E-state index contributed by atoms with van der Waals surface area (Å²) in [6, 6.07) is 40.4. The molecule has 0 aromatic heterocycles. The second-order valence-corrected chi connectivity index (χ2v) is 22.5. The summed E-state index contributed by atoms with van der Waals surface area (Å²) in [5, 5.41) is 0.000716. The summed E-state index contributed by atoms with van der Waals surface area (Å²) in [5.41, 5.74) is 4.10. The Morgan fingerprint density at radius 3 is 1.51 bits per heavy atom. The fraction of sp³-hybridized carbons (Fsp3) is 0.500. The van der Waals surface area contributed by atoms with Gasteiger partial charge >= 0.3 is 0 Å². The molecule has 1 unspecified atom stereocenters. The first-order valence-electron chi connectivity index (χ1n) is 20.9. The van der Waals surface area contributed by atoms with Crippen molar-refractivity contribution in [2.45, 2.75) is 140 Å². The van der Waals surface area contributed by atoms with E-state index >= 15 is 0 Å². The Bertz CT molecular complexity index is 1840. The summed E-state index contributed by atoms with van der Waals surface area (Å²) in [5.74, 6) is -0.871. The third-order valence-corrected chi connectivity index (χ3v) is 16.1. The Hall–Kier alpha value is -3.30. The maximum Gasteiger partial charge on any atom is 0.192 e. The van der Waals surface area contributed by atoms with Crippen LogP contribution in [0.3, 0.4) is 0 Å². The normalized spacial score (nSPS) is 28.1. The molecule has 11 heteroatoms.